The molecule has 0 radical (unpaired) electrons. The van der Waals surface area contributed by atoms with Crippen molar-refractivity contribution in [1.82, 2.24) is 0 Å². The molecule has 1 aromatic heterocycles. The minimum atomic E-state index is -0.268. The van der Waals surface area contributed by atoms with E-state index >= 15 is 0 Å². The largest absolute Gasteiger partial charge is 0.508 e. The lowest BCUT2D eigenvalue weighted by Crippen LogP contribution is -2.13. The number of nitrogens with two attached hydrogens (primary N) is 1. The fourth-order valence-electron chi connectivity index (χ4n) is 2.07. The van der Waals surface area contributed by atoms with Crippen LogP contribution in [0.5, 0.6) is 5.75 Å². The van der Waals surface area contributed by atoms with Gasteiger partial charge in [-0.25, -0.2) is 0 Å². The van der Waals surface area contributed by atoms with Gasteiger partial charge in [-0.05, 0) is 53.4 Å². The van der Waals surface area contributed by atoms with Crippen LogP contribution in [0.4, 0.5) is 11.4 Å². The van der Waals surface area contributed by atoms with Crippen molar-refractivity contribution in [2.45, 2.75) is 0 Å². The van der Waals surface area contributed by atoms with Crippen molar-refractivity contribution in [3.05, 3.63) is 65.5 Å². The van der Waals surface area contributed by atoms with Gasteiger partial charge in [-0.3, -0.25) is 4.79 Å². The summed E-state index contributed by atoms with van der Waals surface area (Å²) in [5.41, 5.74) is 8.48. The maximum Gasteiger partial charge on any atom is 0.255 e. The van der Waals surface area contributed by atoms with Gasteiger partial charge in [-0.2, -0.15) is 0 Å². The third-order valence-corrected chi connectivity index (χ3v) is 4.16. The highest BCUT2D eigenvalue weighted by molar-refractivity contribution is 7.13. The van der Waals surface area contributed by atoms with Gasteiger partial charge in [0.2, 0.25) is 0 Å². The van der Waals surface area contributed by atoms with Crippen LogP contribution in [0.25, 0.3) is 10.4 Å². The summed E-state index contributed by atoms with van der Waals surface area (Å²) < 4.78 is 0. The minimum absolute atomic E-state index is 0.121. The number of hydrogen-bond acceptors (Lipinski definition) is 4. The lowest BCUT2D eigenvalue weighted by molar-refractivity contribution is 0.102. The van der Waals surface area contributed by atoms with Crippen LogP contribution in [0.3, 0.4) is 0 Å². The molecule has 110 valence electrons. The molecule has 0 unspecified atom stereocenters. The SMILES string of the molecule is Nc1ccc(-c2cccs2)cc1NC(=O)c1ccc(O)cc1. The number of phenols is 1. The summed E-state index contributed by atoms with van der Waals surface area (Å²) in [4.78, 5) is 13.3. The first-order valence-corrected chi connectivity index (χ1v) is 7.55. The standard InChI is InChI=1S/C17H14N2O2S/c18-14-8-5-12(16-2-1-9-22-16)10-15(14)19-17(21)11-3-6-13(20)7-4-11/h1-10,20H,18H2,(H,19,21). The van der Waals surface area contributed by atoms with Crippen LogP contribution in [0, 0.1) is 0 Å². The zero-order valence-electron chi connectivity index (χ0n) is 11.6. The van der Waals surface area contributed by atoms with E-state index in [4.69, 9.17) is 5.73 Å². The Bertz CT molecular complexity index is 796. The Morgan fingerprint density at radius 3 is 2.55 bits per heavy atom. The first-order chi connectivity index (χ1) is 10.6. The maximum absolute atomic E-state index is 12.2. The average molecular weight is 310 g/mol. The number of benzene rings is 2. The van der Waals surface area contributed by atoms with E-state index in [-0.39, 0.29) is 11.7 Å². The van der Waals surface area contributed by atoms with E-state index in [9.17, 15) is 9.90 Å². The highest BCUT2D eigenvalue weighted by Crippen LogP contribution is 2.30. The van der Waals surface area contributed by atoms with Gasteiger partial charge in [-0.15, -0.1) is 11.3 Å². The Morgan fingerprint density at radius 2 is 1.86 bits per heavy atom. The lowest BCUT2D eigenvalue weighted by Gasteiger charge is -2.10. The second-order valence-electron chi connectivity index (χ2n) is 4.78. The summed E-state index contributed by atoms with van der Waals surface area (Å²) in [7, 11) is 0. The molecular formula is C17H14N2O2S. The molecule has 0 bridgehead atoms. The van der Waals surface area contributed by atoms with E-state index in [2.05, 4.69) is 5.32 Å². The van der Waals surface area contributed by atoms with Crippen molar-refractivity contribution >= 4 is 28.6 Å². The highest BCUT2D eigenvalue weighted by Gasteiger charge is 2.10. The second-order valence-corrected chi connectivity index (χ2v) is 5.73. The van der Waals surface area contributed by atoms with E-state index in [0.29, 0.717) is 16.9 Å². The molecule has 0 fully saturated rings. The number of phenolic OH excluding ortho intramolecular Hbond substituents is 1. The van der Waals surface area contributed by atoms with Crippen molar-refractivity contribution in [1.29, 1.82) is 0 Å². The van der Waals surface area contributed by atoms with Gasteiger partial charge >= 0.3 is 0 Å². The Morgan fingerprint density at radius 1 is 1.09 bits per heavy atom. The summed E-state index contributed by atoms with van der Waals surface area (Å²) in [5, 5.41) is 14.1. The Labute approximate surface area is 131 Å². The normalized spacial score (nSPS) is 10.4. The number of anilines is 2. The van der Waals surface area contributed by atoms with Gasteiger partial charge in [0.15, 0.2) is 0 Å². The number of nitrogen functional groups attached to an aromatic ring is 1. The summed E-state index contributed by atoms with van der Waals surface area (Å²) in [6, 6.07) is 15.6. The van der Waals surface area contributed by atoms with Crippen LogP contribution in [-0.4, -0.2) is 11.0 Å². The quantitative estimate of drug-likeness (QED) is 0.641. The molecule has 0 aliphatic heterocycles. The number of carbonyl (C=O) groups excluding carboxylic acids is 1. The van der Waals surface area contributed by atoms with Crippen LogP contribution < -0.4 is 11.1 Å². The maximum atomic E-state index is 12.2. The predicted molar refractivity (Wildman–Crippen MR) is 90.2 cm³/mol. The summed E-state index contributed by atoms with van der Waals surface area (Å²) in [6.45, 7) is 0. The number of amides is 1. The molecule has 1 heterocycles. The molecular weight excluding hydrogens is 296 g/mol. The van der Waals surface area contributed by atoms with Crippen molar-refractivity contribution in [2.24, 2.45) is 0 Å². The van der Waals surface area contributed by atoms with Crippen molar-refractivity contribution in [2.75, 3.05) is 11.1 Å². The van der Waals surface area contributed by atoms with Gasteiger partial charge in [0.1, 0.15) is 5.75 Å². The fourth-order valence-corrected chi connectivity index (χ4v) is 2.79. The van der Waals surface area contributed by atoms with Crippen LogP contribution in [0.2, 0.25) is 0 Å². The first-order valence-electron chi connectivity index (χ1n) is 6.67. The van der Waals surface area contributed by atoms with Gasteiger partial charge in [0.25, 0.3) is 5.91 Å². The lowest BCUT2D eigenvalue weighted by atomic mass is 10.1. The highest BCUT2D eigenvalue weighted by atomic mass is 32.1. The molecule has 5 heteroatoms. The summed E-state index contributed by atoms with van der Waals surface area (Å²) >= 11 is 1.63. The summed E-state index contributed by atoms with van der Waals surface area (Å²) in [5.74, 6) is -0.147. The Kier molecular flexibility index (Phi) is 3.80. The van der Waals surface area contributed by atoms with Crippen molar-refractivity contribution < 1.29 is 9.90 Å². The van der Waals surface area contributed by atoms with Gasteiger partial charge in [0.05, 0.1) is 11.4 Å². The molecule has 4 N–H and O–H groups in total. The molecule has 3 aromatic rings. The molecule has 2 aromatic carbocycles. The molecule has 0 atom stereocenters. The monoisotopic (exact) mass is 310 g/mol. The van der Waals surface area contributed by atoms with Crippen LogP contribution in [0.15, 0.2) is 60.0 Å². The van der Waals surface area contributed by atoms with Crippen molar-refractivity contribution in [3.63, 3.8) is 0 Å². The molecule has 0 saturated heterocycles. The molecule has 4 nitrogen and oxygen atoms in total. The third-order valence-electron chi connectivity index (χ3n) is 3.24. The minimum Gasteiger partial charge on any atom is -0.508 e. The fraction of sp³-hybridized carbons (Fsp3) is 0. The van der Waals surface area contributed by atoms with Gasteiger partial charge in [-0.1, -0.05) is 12.1 Å². The van der Waals surface area contributed by atoms with E-state index < -0.39 is 0 Å². The zero-order valence-corrected chi connectivity index (χ0v) is 12.4. The number of carbonyl (C=O) groups is 1. The number of rotatable bonds is 3. The average Bonchev–Trinajstić information content (AvgIpc) is 3.04. The van der Waals surface area contributed by atoms with Crippen LogP contribution >= 0.6 is 11.3 Å². The number of nitrogens with one attached hydrogen (secondary N) is 1. The smallest absolute Gasteiger partial charge is 0.255 e. The first kappa shape index (κ1) is 14.2. The van der Waals surface area contributed by atoms with E-state index in [1.807, 2.05) is 29.6 Å². The van der Waals surface area contributed by atoms with E-state index in [1.165, 1.54) is 12.1 Å². The molecule has 0 aliphatic rings. The van der Waals surface area contributed by atoms with E-state index in [1.54, 1.807) is 29.5 Å². The molecule has 3 rings (SSSR count). The van der Waals surface area contributed by atoms with E-state index in [0.717, 1.165) is 10.4 Å². The number of aromatic hydroxyl groups is 1. The topological polar surface area (TPSA) is 75.3 Å². The second kappa shape index (κ2) is 5.91. The van der Waals surface area contributed by atoms with Gasteiger partial charge < -0.3 is 16.2 Å². The van der Waals surface area contributed by atoms with Gasteiger partial charge in [0, 0.05) is 10.4 Å². The molecule has 0 saturated carbocycles. The molecule has 22 heavy (non-hydrogen) atoms. The number of hydrogen-bond donors (Lipinski definition) is 3. The third kappa shape index (κ3) is 2.94. The molecule has 0 aliphatic carbocycles. The van der Waals surface area contributed by atoms with Crippen LogP contribution in [0.1, 0.15) is 10.4 Å². The summed E-state index contributed by atoms with van der Waals surface area (Å²) in [6.07, 6.45) is 0. The molecule has 1 amide bonds. The number of thiophene rings is 1. The zero-order chi connectivity index (χ0) is 15.5. The Balaban J connectivity index is 1.87. The molecule has 0 spiro atoms. The Hall–Kier alpha value is -2.79. The van der Waals surface area contributed by atoms with Crippen LogP contribution in [-0.2, 0) is 0 Å². The van der Waals surface area contributed by atoms with Crippen molar-refractivity contribution in [3.8, 4) is 16.2 Å². The predicted octanol–water partition coefficient (Wildman–Crippen LogP) is 3.96.